The number of hydrogen-bond acceptors (Lipinski definition) is 4. The molecule has 6 nitrogen and oxygen atoms in total. The van der Waals surface area contributed by atoms with Crippen LogP contribution in [0.3, 0.4) is 0 Å². The molecule has 0 radical (unpaired) electrons. The second-order valence-corrected chi connectivity index (χ2v) is 6.63. The number of ether oxygens (including phenoxy) is 2. The lowest BCUT2D eigenvalue weighted by Crippen LogP contribution is -2.30. The van der Waals surface area contributed by atoms with Crippen molar-refractivity contribution in [2.75, 3.05) is 31.6 Å². The maximum atomic E-state index is 12.3. The Bertz CT molecular complexity index is 886. The Kier molecular flexibility index (Phi) is 6.89. The minimum Gasteiger partial charge on any atom is -0.490 e. The maximum absolute atomic E-state index is 12.3. The van der Waals surface area contributed by atoms with Gasteiger partial charge in [-0.1, -0.05) is 6.07 Å². The first-order valence-corrected chi connectivity index (χ1v) is 9.88. The van der Waals surface area contributed by atoms with Crippen LogP contribution in [0.25, 0.3) is 6.08 Å². The van der Waals surface area contributed by atoms with Crippen LogP contribution in [0.1, 0.15) is 36.2 Å². The fraction of sp³-hybridized carbons (Fsp3) is 0.304. The Morgan fingerprint density at radius 2 is 1.69 bits per heavy atom. The van der Waals surface area contributed by atoms with Gasteiger partial charge in [-0.25, -0.2) is 0 Å². The molecule has 1 aliphatic heterocycles. The van der Waals surface area contributed by atoms with E-state index in [0.717, 1.165) is 17.7 Å². The monoisotopic (exact) mass is 394 g/mol. The van der Waals surface area contributed by atoms with E-state index in [1.54, 1.807) is 35.2 Å². The lowest BCUT2D eigenvalue weighted by atomic mass is 10.1. The average Bonchev–Trinajstić information content (AvgIpc) is 2.98. The van der Waals surface area contributed by atoms with Gasteiger partial charge in [-0.3, -0.25) is 9.59 Å². The summed E-state index contributed by atoms with van der Waals surface area (Å²) < 4.78 is 11.3. The van der Waals surface area contributed by atoms with E-state index in [0.29, 0.717) is 43.3 Å². The smallest absolute Gasteiger partial charge is 0.253 e. The van der Waals surface area contributed by atoms with Crippen LogP contribution in [0, 0.1) is 0 Å². The minimum absolute atomic E-state index is 0.0119. The molecule has 3 rings (SSSR count). The molecule has 1 N–H and O–H groups in total. The molecule has 0 saturated carbocycles. The van der Waals surface area contributed by atoms with E-state index >= 15 is 0 Å². The molecule has 2 aromatic rings. The molecular weight excluding hydrogens is 368 g/mol. The molecule has 6 heteroatoms. The molecule has 0 atom stereocenters. The third-order valence-corrected chi connectivity index (χ3v) is 4.65. The second kappa shape index (κ2) is 9.78. The predicted octanol–water partition coefficient (Wildman–Crippen LogP) is 3.98. The Hall–Kier alpha value is -3.28. The van der Waals surface area contributed by atoms with Crippen molar-refractivity contribution in [2.24, 2.45) is 0 Å². The summed E-state index contributed by atoms with van der Waals surface area (Å²) in [6.45, 7) is 6.49. The van der Waals surface area contributed by atoms with E-state index in [4.69, 9.17) is 9.47 Å². The molecule has 2 aromatic carbocycles. The highest BCUT2D eigenvalue weighted by Gasteiger charge is 2.12. The Morgan fingerprint density at radius 3 is 2.38 bits per heavy atom. The van der Waals surface area contributed by atoms with Crippen molar-refractivity contribution in [2.45, 2.75) is 20.3 Å². The van der Waals surface area contributed by atoms with E-state index in [1.807, 2.05) is 32.0 Å². The molecule has 1 heterocycles. The number of hydrogen-bond donors (Lipinski definition) is 1. The van der Waals surface area contributed by atoms with Crippen molar-refractivity contribution in [1.82, 2.24) is 4.90 Å². The summed E-state index contributed by atoms with van der Waals surface area (Å²) in [5, 5.41) is 2.80. The number of anilines is 1. The van der Waals surface area contributed by atoms with Crippen molar-refractivity contribution in [3.05, 3.63) is 59.7 Å². The van der Waals surface area contributed by atoms with Crippen molar-refractivity contribution < 1.29 is 19.1 Å². The number of rotatable bonds is 6. The van der Waals surface area contributed by atoms with E-state index < -0.39 is 0 Å². The highest BCUT2D eigenvalue weighted by atomic mass is 16.5. The number of benzene rings is 2. The summed E-state index contributed by atoms with van der Waals surface area (Å²) in [6.07, 6.45) is 4.04. The van der Waals surface area contributed by atoms with Gasteiger partial charge in [0, 0.05) is 36.8 Å². The zero-order chi connectivity index (χ0) is 20.6. The van der Waals surface area contributed by atoms with Crippen molar-refractivity contribution in [3.63, 3.8) is 0 Å². The Labute approximate surface area is 171 Å². The second-order valence-electron chi connectivity index (χ2n) is 6.63. The number of fused-ring (bicyclic) bond motifs is 1. The Balaban J connectivity index is 1.60. The highest BCUT2D eigenvalue weighted by Crippen LogP contribution is 2.30. The van der Waals surface area contributed by atoms with Gasteiger partial charge in [-0.2, -0.15) is 0 Å². The lowest BCUT2D eigenvalue weighted by Gasteiger charge is -2.18. The van der Waals surface area contributed by atoms with Gasteiger partial charge >= 0.3 is 0 Å². The normalized spacial score (nSPS) is 13.0. The molecule has 0 saturated heterocycles. The quantitative estimate of drug-likeness (QED) is 0.753. The van der Waals surface area contributed by atoms with Gasteiger partial charge in [0.2, 0.25) is 5.91 Å². The first-order valence-electron chi connectivity index (χ1n) is 9.88. The SMILES string of the molecule is CCN(CC)C(=O)c1ccc(NC(=O)/C=C/c2ccc3c(c2)OCCCO3)cc1. The molecule has 0 spiro atoms. The minimum atomic E-state index is -0.250. The van der Waals surface area contributed by atoms with Crippen LogP contribution >= 0.6 is 0 Å². The van der Waals surface area contributed by atoms with Crippen molar-refractivity contribution in [1.29, 1.82) is 0 Å². The van der Waals surface area contributed by atoms with Crippen LogP contribution in [0.4, 0.5) is 5.69 Å². The molecule has 0 bridgehead atoms. The molecule has 1 aliphatic rings. The first kappa shape index (κ1) is 20.5. The van der Waals surface area contributed by atoms with Gasteiger partial charge in [-0.15, -0.1) is 0 Å². The molecule has 152 valence electrons. The summed E-state index contributed by atoms with van der Waals surface area (Å²) in [5.41, 5.74) is 2.09. The predicted molar refractivity (Wildman–Crippen MR) is 113 cm³/mol. The van der Waals surface area contributed by atoms with Gasteiger partial charge in [0.1, 0.15) is 0 Å². The van der Waals surface area contributed by atoms with Gasteiger partial charge in [0.05, 0.1) is 13.2 Å². The van der Waals surface area contributed by atoms with Crippen LogP contribution in [0.2, 0.25) is 0 Å². The summed E-state index contributed by atoms with van der Waals surface area (Å²) in [6, 6.07) is 12.5. The third kappa shape index (κ3) is 5.38. The first-order chi connectivity index (χ1) is 14.1. The topological polar surface area (TPSA) is 67.9 Å². The van der Waals surface area contributed by atoms with Gasteiger partial charge in [-0.05, 0) is 61.9 Å². The van der Waals surface area contributed by atoms with Crippen LogP contribution in [-0.2, 0) is 4.79 Å². The maximum Gasteiger partial charge on any atom is 0.253 e. The van der Waals surface area contributed by atoms with E-state index in [9.17, 15) is 9.59 Å². The molecule has 2 amide bonds. The third-order valence-electron chi connectivity index (χ3n) is 4.65. The van der Waals surface area contributed by atoms with Crippen LogP contribution in [-0.4, -0.2) is 43.0 Å². The van der Waals surface area contributed by atoms with Crippen molar-refractivity contribution in [3.8, 4) is 11.5 Å². The van der Waals surface area contributed by atoms with E-state index in [-0.39, 0.29) is 11.8 Å². The molecule has 0 aliphatic carbocycles. The fourth-order valence-corrected chi connectivity index (χ4v) is 3.03. The molecule has 0 aromatic heterocycles. The van der Waals surface area contributed by atoms with Crippen LogP contribution in [0.15, 0.2) is 48.5 Å². The van der Waals surface area contributed by atoms with Crippen LogP contribution < -0.4 is 14.8 Å². The largest absolute Gasteiger partial charge is 0.490 e. The van der Waals surface area contributed by atoms with Gasteiger partial charge in [0.15, 0.2) is 11.5 Å². The van der Waals surface area contributed by atoms with Gasteiger partial charge < -0.3 is 19.7 Å². The number of carbonyl (C=O) groups excluding carboxylic acids is 2. The summed E-state index contributed by atoms with van der Waals surface area (Å²) in [5.74, 6) is 1.16. The number of carbonyl (C=O) groups is 2. The summed E-state index contributed by atoms with van der Waals surface area (Å²) >= 11 is 0. The van der Waals surface area contributed by atoms with Crippen molar-refractivity contribution >= 4 is 23.6 Å². The van der Waals surface area contributed by atoms with Crippen LogP contribution in [0.5, 0.6) is 11.5 Å². The number of nitrogens with zero attached hydrogens (tertiary/aromatic N) is 1. The zero-order valence-corrected chi connectivity index (χ0v) is 16.8. The molecular formula is C23H26N2O4. The highest BCUT2D eigenvalue weighted by molar-refractivity contribution is 6.02. The van der Waals surface area contributed by atoms with E-state index in [2.05, 4.69) is 5.32 Å². The lowest BCUT2D eigenvalue weighted by molar-refractivity contribution is -0.111. The fourth-order valence-electron chi connectivity index (χ4n) is 3.03. The standard InChI is InChI=1S/C23H26N2O4/c1-3-25(4-2)23(27)18-8-10-19(11-9-18)24-22(26)13-7-17-6-12-20-21(16-17)29-15-5-14-28-20/h6-13,16H,3-5,14-15H2,1-2H3,(H,24,26)/b13-7+. The molecule has 0 unspecified atom stereocenters. The number of amides is 2. The molecule has 0 fully saturated rings. The summed E-state index contributed by atoms with van der Waals surface area (Å²) in [4.78, 5) is 26.3. The Morgan fingerprint density at radius 1 is 1.00 bits per heavy atom. The van der Waals surface area contributed by atoms with E-state index in [1.165, 1.54) is 6.08 Å². The zero-order valence-electron chi connectivity index (χ0n) is 16.8. The summed E-state index contributed by atoms with van der Waals surface area (Å²) in [7, 11) is 0. The van der Waals surface area contributed by atoms with Gasteiger partial charge in [0.25, 0.3) is 5.91 Å². The average molecular weight is 394 g/mol. The molecule has 29 heavy (non-hydrogen) atoms. The number of nitrogens with one attached hydrogen (secondary N) is 1.